The molecule has 0 saturated heterocycles. The second kappa shape index (κ2) is 7.12. The molecule has 4 heteroatoms. The first-order valence-electron chi connectivity index (χ1n) is 8.60. The molecule has 0 unspecified atom stereocenters. The molecule has 0 radical (unpaired) electrons. The average molecular weight is 345 g/mol. The Labute approximate surface area is 150 Å². The van der Waals surface area contributed by atoms with Gasteiger partial charge in [-0.2, -0.15) is 0 Å². The smallest absolute Gasteiger partial charge is 0.336 e. The molecule has 1 atom stereocenters. The molecule has 0 fully saturated rings. The Bertz CT molecular complexity index is 1100. The molecule has 0 aliphatic rings. The van der Waals surface area contributed by atoms with Crippen molar-refractivity contribution < 1.29 is 9.52 Å². The Morgan fingerprint density at radius 1 is 0.962 bits per heavy atom. The van der Waals surface area contributed by atoms with Crippen molar-refractivity contribution in [1.29, 1.82) is 0 Å². The number of benzene rings is 3. The fraction of sp³-hybridized carbons (Fsp3) is 0.136. The van der Waals surface area contributed by atoms with Gasteiger partial charge in [0.05, 0.1) is 6.10 Å². The third-order valence-corrected chi connectivity index (χ3v) is 4.55. The van der Waals surface area contributed by atoms with E-state index in [9.17, 15) is 9.90 Å². The molecular formula is C22H19NO3. The van der Waals surface area contributed by atoms with Crippen LogP contribution >= 0.6 is 0 Å². The summed E-state index contributed by atoms with van der Waals surface area (Å²) in [6, 6.07) is 22.9. The molecule has 1 aromatic heterocycles. The second-order valence-corrected chi connectivity index (χ2v) is 6.31. The summed E-state index contributed by atoms with van der Waals surface area (Å²) in [5.41, 5.74) is 1.95. The molecule has 1 heterocycles. The molecule has 4 aromatic rings. The summed E-state index contributed by atoms with van der Waals surface area (Å²) in [5.74, 6) is 0. The van der Waals surface area contributed by atoms with Crippen molar-refractivity contribution >= 4 is 21.7 Å². The van der Waals surface area contributed by atoms with E-state index in [2.05, 4.69) is 5.32 Å². The lowest BCUT2D eigenvalue weighted by Gasteiger charge is -2.13. The maximum atomic E-state index is 11.9. The highest BCUT2D eigenvalue weighted by atomic mass is 16.4. The van der Waals surface area contributed by atoms with Crippen LogP contribution in [0.1, 0.15) is 17.2 Å². The van der Waals surface area contributed by atoms with Gasteiger partial charge in [0.25, 0.3) is 0 Å². The molecule has 2 N–H and O–H groups in total. The van der Waals surface area contributed by atoms with E-state index in [0.29, 0.717) is 18.7 Å². The molecule has 0 spiro atoms. The summed E-state index contributed by atoms with van der Waals surface area (Å²) in [5, 5.41) is 16.6. The van der Waals surface area contributed by atoms with Crippen LogP contribution in [0, 0.1) is 0 Å². The van der Waals surface area contributed by atoms with Crippen LogP contribution in [-0.2, 0) is 6.54 Å². The maximum absolute atomic E-state index is 11.9. The van der Waals surface area contributed by atoms with Crippen molar-refractivity contribution in [3.8, 4) is 0 Å². The first-order valence-corrected chi connectivity index (χ1v) is 8.60. The molecular weight excluding hydrogens is 326 g/mol. The summed E-state index contributed by atoms with van der Waals surface area (Å²) in [6.45, 7) is 0.872. The van der Waals surface area contributed by atoms with Crippen LogP contribution < -0.4 is 10.9 Å². The number of hydrogen-bond acceptors (Lipinski definition) is 4. The molecule has 0 aliphatic carbocycles. The van der Waals surface area contributed by atoms with Crippen molar-refractivity contribution in [3.05, 3.63) is 94.3 Å². The summed E-state index contributed by atoms with van der Waals surface area (Å²) in [6.07, 6.45) is -0.598. The van der Waals surface area contributed by atoms with Crippen molar-refractivity contribution in [1.82, 2.24) is 5.32 Å². The van der Waals surface area contributed by atoms with Crippen LogP contribution in [0.4, 0.5) is 0 Å². The van der Waals surface area contributed by atoms with Crippen LogP contribution in [0.2, 0.25) is 0 Å². The molecule has 130 valence electrons. The second-order valence-electron chi connectivity index (χ2n) is 6.31. The van der Waals surface area contributed by atoms with Gasteiger partial charge in [-0.25, -0.2) is 4.79 Å². The van der Waals surface area contributed by atoms with E-state index in [1.54, 1.807) is 0 Å². The molecule has 26 heavy (non-hydrogen) atoms. The fourth-order valence-corrected chi connectivity index (χ4v) is 3.30. The first-order chi connectivity index (χ1) is 12.7. The lowest BCUT2D eigenvalue weighted by atomic mass is 10.0. The largest absolute Gasteiger partial charge is 0.423 e. The molecule has 0 amide bonds. The van der Waals surface area contributed by atoms with Crippen molar-refractivity contribution in [2.24, 2.45) is 0 Å². The van der Waals surface area contributed by atoms with E-state index in [4.69, 9.17) is 4.42 Å². The molecule has 0 aliphatic heterocycles. The predicted molar refractivity (Wildman–Crippen MR) is 103 cm³/mol. The van der Waals surface area contributed by atoms with E-state index in [1.165, 1.54) is 6.07 Å². The number of fused-ring (bicyclic) bond motifs is 3. The zero-order chi connectivity index (χ0) is 17.9. The molecule has 0 saturated carbocycles. The van der Waals surface area contributed by atoms with Gasteiger partial charge < -0.3 is 14.8 Å². The third kappa shape index (κ3) is 3.25. The number of hydrogen-bond donors (Lipinski definition) is 2. The van der Waals surface area contributed by atoms with Gasteiger partial charge >= 0.3 is 5.63 Å². The Hall–Kier alpha value is -2.95. The van der Waals surface area contributed by atoms with E-state index in [0.717, 1.165) is 27.3 Å². The lowest BCUT2D eigenvalue weighted by molar-refractivity contribution is 0.174. The molecule has 4 nitrogen and oxygen atoms in total. The van der Waals surface area contributed by atoms with Crippen LogP contribution in [-0.4, -0.2) is 11.7 Å². The Morgan fingerprint density at radius 2 is 1.73 bits per heavy atom. The van der Waals surface area contributed by atoms with Gasteiger partial charge in [-0.15, -0.1) is 0 Å². The average Bonchev–Trinajstić information content (AvgIpc) is 2.68. The Morgan fingerprint density at radius 3 is 2.58 bits per heavy atom. The van der Waals surface area contributed by atoms with Crippen LogP contribution in [0.5, 0.6) is 0 Å². The van der Waals surface area contributed by atoms with E-state index >= 15 is 0 Å². The fourth-order valence-electron chi connectivity index (χ4n) is 3.30. The van der Waals surface area contributed by atoms with Crippen LogP contribution in [0.3, 0.4) is 0 Å². The monoisotopic (exact) mass is 345 g/mol. The van der Waals surface area contributed by atoms with Crippen molar-refractivity contribution in [3.63, 3.8) is 0 Å². The minimum Gasteiger partial charge on any atom is -0.423 e. The lowest BCUT2D eigenvalue weighted by Crippen LogP contribution is -2.21. The highest BCUT2D eigenvalue weighted by Crippen LogP contribution is 2.27. The van der Waals surface area contributed by atoms with Gasteiger partial charge in [-0.1, -0.05) is 60.7 Å². The molecule has 3 aromatic carbocycles. The summed E-state index contributed by atoms with van der Waals surface area (Å²) in [7, 11) is 0. The quantitative estimate of drug-likeness (QED) is 0.427. The van der Waals surface area contributed by atoms with Gasteiger partial charge in [0.2, 0.25) is 0 Å². The van der Waals surface area contributed by atoms with Gasteiger partial charge in [-0.05, 0) is 28.0 Å². The normalized spacial score (nSPS) is 12.5. The van der Waals surface area contributed by atoms with Gasteiger partial charge in [0, 0.05) is 24.5 Å². The highest BCUT2D eigenvalue weighted by molar-refractivity contribution is 6.07. The van der Waals surface area contributed by atoms with Crippen molar-refractivity contribution in [2.75, 3.05) is 6.54 Å². The SMILES string of the molecule is O=c1cc(CNC[C@@H](O)c2ccccc2)c2c(ccc3ccccc32)o1. The Kier molecular flexibility index (Phi) is 4.52. The minimum atomic E-state index is -0.598. The van der Waals surface area contributed by atoms with Gasteiger partial charge in [-0.3, -0.25) is 0 Å². The van der Waals surface area contributed by atoms with Gasteiger partial charge in [0.1, 0.15) is 5.58 Å². The summed E-state index contributed by atoms with van der Waals surface area (Å²) >= 11 is 0. The number of nitrogens with one attached hydrogen (secondary N) is 1. The van der Waals surface area contributed by atoms with Crippen molar-refractivity contribution in [2.45, 2.75) is 12.6 Å². The van der Waals surface area contributed by atoms with E-state index < -0.39 is 6.10 Å². The number of aliphatic hydroxyl groups is 1. The first kappa shape index (κ1) is 16.5. The van der Waals surface area contributed by atoms with Crippen LogP contribution in [0.15, 0.2) is 82.0 Å². The zero-order valence-electron chi connectivity index (χ0n) is 14.2. The maximum Gasteiger partial charge on any atom is 0.336 e. The topological polar surface area (TPSA) is 62.5 Å². The van der Waals surface area contributed by atoms with Gasteiger partial charge in [0.15, 0.2) is 0 Å². The minimum absolute atomic E-state index is 0.367. The van der Waals surface area contributed by atoms with E-state index in [-0.39, 0.29) is 5.63 Å². The van der Waals surface area contributed by atoms with Crippen LogP contribution in [0.25, 0.3) is 21.7 Å². The van der Waals surface area contributed by atoms with E-state index in [1.807, 2.05) is 66.7 Å². The summed E-state index contributed by atoms with van der Waals surface area (Å²) < 4.78 is 5.37. The summed E-state index contributed by atoms with van der Waals surface area (Å²) in [4.78, 5) is 11.9. The number of rotatable bonds is 5. The molecule has 4 rings (SSSR count). The standard InChI is InChI=1S/C22H19NO3/c24-19(16-7-2-1-3-8-16)14-23-13-17-12-21(25)26-20-11-10-15-6-4-5-9-18(15)22(17)20/h1-12,19,23-24H,13-14H2/t19-/m1/s1. The molecule has 0 bridgehead atoms. The Balaban J connectivity index is 1.63. The zero-order valence-corrected chi connectivity index (χ0v) is 14.2. The number of aliphatic hydroxyl groups excluding tert-OH is 1. The highest BCUT2D eigenvalue weighted by Gasteiger charge is 2.11. The predicted octanol–water partition coefficient (Wildman–Crippen LogP) is 3.77. The third-order valence-electron chi connectivity index (χ3n) is 4.55.